The van der Waals surface area contributed by atoms with E-state index in [1.807, 2.05) is 12.1 Å². The first-order chi connectivity index (χ1) is 9.46. The van der Waals surface area contributed by atoms with E-state index < -0.39 is 10.0 Å². The number of rotatable bonds is 6. The Morgan fingerprint density at radius 3 is 2.85 bits per heavy atom. The van der Waals surface area contributed by atoms with Gasteiger partial charge in [-0.15, -0.1) is 0 Å². The van der Waals surface area contributed by atoms with E-state index in [-0.39, 0.29) is 6.04 Å². The summed E-state index contributed by atoms with van der Waals surface area (Å²) in [5.41, 5.74) is 2.40. The Balaban J connectivity index is 1.90. The van der Waals surface area contributed by atoms with Crippen molar-refractivity contribution in [3.63, 3.8) is 0 Å². The Labute approximate surface area is 121 Å². The van der Waals surface area contributed by atoms with Crippen LogP contribution in [0.25, 0.3) is 0 Å². The molecule has 0 aliphatic carbocycles. The van der Waals surface area contributed by atoms with E-state index in [9.17, 15) is 8.42 Å². The zero-order valence-corrected chi connectivity index (χ0v) is 12.8. The predicted molar refractivity (Wildman–Crippen MR) is 78.8 cm³/mol. The molecule has 1 aromatic carbocycles. The molecular weight excluding hydrogens is 276 g/mol. The van der Waals surface area contributed by atoms with Gasteiger partial charge in [0.2, 0.25) is 10.0 Å². The van der Waals surface area contributed by atoms with Crippen molar-refractivity contribution < 1.29 is 13.2 Å². The molecule has 0 unspecified atom stereocenters. The number of methoxy groups -OCH3 is 1. The number of benzene rings is 1. The molecule has 0 saturated carbocycles. The van der Waals surface area contributed by atoms with E-state index in [4.69, 9.17) is 4.74 Å². The fraction of sp³-hybridized carbons (Fsp3) is 0.571. The third-order valence-electron chi connectivity index (χ3n) is 3.36. The third kappa shape index (κ3) is 4.86. The third-order valence-corrected chi connectivity index (χ3v) is 4.12. The second kappa shape index (κ2) is 6.67. The average Bonchev–Trinajstić information content (AvgIpc) is 2.75. The predicted octanol–water partition coefficient (Wildman–Crippen LogP) is 0.957. The number of likely N-dealkylation sites (tertiary alicyclic amines) is 1. The van der Waals surface area contributed by atoms with Crippen LogP contribution in [0, 0.1) is 0 Å². The Kier molecular flexibility index (Phi) is 5.15. The highest BCUT2D eigenvalue weighted by atomic mass is 32.2. The molecule has 1 fully saturated rings. The van der Waals surface area contributed by atoms with Crippen LogP contribution in [-0.4, -0.2) is 45.8 Å². The van der Waals surface area contributed by atoms with E-state index in [1.54, 1.807) is 7.11 Å². The normalized spacial score (nSPS) is 20.4. The lowest BCUT2D eigenvalue weighted by molar-refractivity contribution is 0.184. The van der Waals surface area contributed by atoms with Gasteiger partial charge in [-0.3, -0.25) is 4.90 Å². The Hall–Kier alpha value is -0.950. The fourth-order valence-electron chi connectivity index (χ4n) is 2.62. The number of ether oxygens (including phenoxy) is 1. The van der Waals surface area contributed by atoms with Gasteiger partial charge >= 0.3 is 0 Å². The molecule has 2 rings (SSSR count). The molecule has 1 N–H and O–H groups in total. The molecule has 0 radical (unpaired) electrons. The number of nitrogens with one attached hydrogen (secondary N) is 1. The van der Waals surface area contributed by atoms with Gasteiger partial charge in [0, 0.05) is 32.8 Å². The monoisotopic (exact) mass is 298 g/mol. The van der Waals surface area contributed by atoms with Crippen LogP contribution in [0.15, 0.2) is 24.3 Å². The zero-order valence-electron chi connectivity index (χ0n) is 12.0. The van der Waals surface area contributed by atoms with Crippen molar-refractivity contribution in [1.29, 1.82) is 0 Å². The van der Waals surface area contributed by atoms with Gasteiger partial charge in [-0.2, -0.15) is 0 Å². The molecule has 0 bridgehead atoms. The number of hydrogen-bond donors (Lipinski definition) is 1. The molecule has 20 heavy (non-hydrogen) atoms. The number of hydrogen-bond acceptors (Lipinski definition) is 4. The summed E-state index contributed by atoms with van der Waals surface area (Å²) in [7, 11) is -1.42. The molecule has 0 aromatic heterocycles. The maximum Gasteiger partial charge on any atom is 0.208 e. The standard InChI is InChI=1S/C14H22N2O3S/c1-19-11-13-5-3-4-12(8-13)9-16-7-6-14(10-16)15-20(2,17)18/h3-5,8,14-15H,6-7,9-11H2,1-2H3/t14-/m1/s1. The smallest absolute Gasteiger partial charge is 0.208 e. The van der Waals surface area contributed by atoms with Gasteiger partial charge in [-0.25, -0.2) is 13.1 Å². The van der Waals surface area contributed by atoms with Crippen LogP contribution in [0.5, 0.6) is 0 Å². The summed E-state index contributed by atoms with van der Waals surface area (Å²) in [5.74, 6) is 0. The lowest BCUT2D eigenvalue weighted by Crippen LogP contribution is -2.36. The molecule has 1 heterocycles. The zero-order chi connectivity index (χ0) is 14.6. The van der Waals surface area contributed by atoms with E-state index in [1.165, 1.54) is 11.8 Å². The van der Waals surface area contributed by atoms with Crippen LogP contribution in [0.2, 0.25) is 0 Å². The van der Waals surface area contributed by atoms with Crippen LogP contribution in [-0.2, 0) is 27.9 Å². The number of sulfonamides is 1. The van der Waals surface area contributed by atoms with Crippen molar-refractivity contribution in [3.05, 3.63) is 35.4 Å². The van der Waals surface area contributed by atoms with Crippen molar-refractivity contribution in [2.45, 2.75) is 25.6 Å². The molecule has 1 aromatic rings. The fourth-order valence-corrected chi connectivity index (χ4v) is 3.42. The molecule has 6 heteroatoms. The van der Waals surface area contributed by atoms with Gasteiger partial charge in [0.25, 0.3) is 0 Å². The summed E-state index contributed by atoms with van der Waals surface area (Å²) in [4.78, 5) is 2.27. The van der Waals surface area contributed by atoms with Crippen LogP contribution >= 0.6 is 0 Å². The van der Waals surface area contributed by atoms with Gasteiger partial charge in [-0.1, -0.05) is 24.3 Å². The molecule has 0 amide bonds. The van der Waals surface area contributed by atoms with E-state index in [0.717, 1.165) is 31.6 Å². The molecule has 1 aliphatic heterocycles. The van der Waals surface area contributed by atoms with E-state index in [2.05, 4.69) is 21.8 Å². The van der Waals surface area contributed by atoms with Crippen LogP contribution in [0.4, 0.5) is 0 Å². The highest BCUT2D eigenvalue weighted by molar-refractivity contribution is 7.88. The molecule has 1 aliphatic rings. The highest BCUT2D eigenvalue weighted by Crippen LogP contribution is 2.15. The summed E-state index contributed by atoms with van der Waals surface area (Å²) in [6, 6.07) is 8.35. The SMILES string of the molecule is COCc1cccc(CN2CC[C@@H](NS(C)(=O)=O)C2)c1. The first-order valence-corrected chi connectivity index (χ1v) is 8.62. The van der Waals surface area contributed by atoms with Gasteiger partial charge in [-0.05, 0) is 17.5 Å². The molecule has 1 atom stereocenters. The van der Waals surface area contributed by atoms with Crippen molar-refractivity contribution >= 4 is 10.0 Å². The Morgan fingerprint density at radius 1 is 1.40 bits per heavy atom. The minimum absolute atomic E-state index is 0.0344. The van der Waals surface area contributed by atoms with Gasteiger partial charge in [0.1, 0.15) is 0 Å². The summed E-state index contributed by atoms with van der Waals surface area (Å²) < 4.78 is 30.3. The summed E-state index contributed by atoms with van der Waals surface area (Å²) in [6.07, 6.45) is 2.08. The largest absolute Gasteiger partial charge is 0.380 e. The first kappa shape index (κ1) is 15.4. The van der Waals surface area contributed by atoms with E-state index in [0.29, 0.717) is 6.61 Å². The van der Waals surface area contributed by atoms with Gasteiger partial charge in [0.15, 0.2) is 0 Å². The molecule has 5 nitrogen and oxygen atoms in total. The maximum absolute atomic E-state index is 11.2. The van der Waals surface area contributed by atoms with Gasteiger partial charge < -0.3 is 4.74 Å². The quantitative estimate of drug-likeness (QED) is 0.850. The number of nitrogens with zero attached hydrogens (tertiary/aromatic N) is 1. The summed E-state index contributed by atoms with van der Waals surface area (Å²) in [6.45, 7) is 3.15. The van der Waals surface area contributed by atoms with E-state index >= 15 is 0 Å². The van der Waals surface area contributed by atoms with Crippen molar-refractivity contribution in [2.24, 2.45) is 0 Å². The minimum Gasteiger partial charge on any atom is -0.380 e. The maximum atomic E-state index is 11.2. The Bertz CT molecular complexity index is 545. The second-order valence-electron chi connectivity index (χ2n) is 5.36. The van der Waals surface area contributed by atoms with Crippen molar-refractivity contribution in [3.8, 4) is 0 Å². The van der Waals surface area contributed by atoms with Crippen LogP contribution in [0.3, 0.4) is 0 Å². The van der Waals surface area contributed by atoms with Crippen molar-refractivity contribution in [2.75, 3.05) is 26.5 Å². The van der Waals surface area contributed by atoms with Gasteiger partial charge in [0.05, 0.1) is 12.9 Å². The lowest BCUT2D eigenvalue weighted by atomic mass is 10.1. The van der Waals surface area contributed by atoms with Crippen LogP contribution < -0.4 is 4.72 Å². The average molecular weight is 298 g/mol. The molecule has 112 valence electrons. The summed E-state index contributed by atoms with van der Waals surface area (Å²) >= 11 is 0. The Morgan fingerprint density at radius 2 is 2.15 bits per heavy atom. The molecule has 1 saturated heterocycles. The summed E-state index contributed by atoms with van der Waals surface area (Å²) in [5, 5.41) is 0. The second-order valence-corrected chi connectivity index (χ2v) is 7.14. The van der Waals surface area contributed by atoms with Crippen LogP contribution in [0.1, 0.15) is 17.5 Å². The molecule has 0 spiro atoms. The van der Waals surface area contributed by atoms with Crippen molar-refractivity contribution in [1.82, 2.24) is 9.62 Å². The lowest BCUT2D eigenvalue weighted by Gasteiger charge is -2.16. The highest BCUT2D eigenvalue weighted by Gasteiger charge is 2.24. The minimum atomic E-state index is -3.11. The molecular formula is C14H22N2O3S. The first-order valence-electron chi connectivity index (χ1n) is 6.72. The topological polar surface area (TPSA) is 58.6 Å².